The normalized spacial score (nSPS) is 13.4. The topological polar surface area (TPSA) is 34.1 Å². The van der Waals surface area contributed by atoms with E-state index in [1.165, 1.54) is 0 Å². The third-order valence-electron chi connectivity index (χ3n) is 2.40. The van der Waals surface area contributed by atoms with Gasteiger partial charge in [0.1, 0.15) is 0 Å². The van der Waals surface area contributed by atoms with Crippen LogP contribution in [-0.4, -0.2) is 23.0 Å². The highest BCUT2D eigenvalue weighted by Gasteiger charge is 2.23. The molecule has 0 radical (unpaired) electrons. The number of methoxy groups -OCH3 is 1. The first kappa shape index (κ1) is 12.1. The minimum atomic E-state index is -0.173. The molecule has 0 spiro atoms. The van der Waals surface area contributed by atoms with Gasteiger partial charge in [0.25, 0.3) is 0 Å². The summed E-state index contributed by atoms with van der Waals surface area (Å²) in [7, 11) is 1.60. The number of nitrogens with zero attached hydrogens (tertiary/aromatic N) is 1. The molecular formula is C11H17ClN2O. The molecule has 1 unspecified atom stereocenters. The van der Waals surface area contributed by atoms with E-state index in [0.29, 0.717) is 5.88 Å². The fraction of sp³-hybridized carbons (Fsp3) is 0.545. The van der Waals surface area contributed by atoms with Crippen molar-refractivity contribution in [2.45, 2.75) is 31.7 Å². The monoisotopic (exact) mass is 228 g/mol. The van der Waals surface area contributed by atoms with Crippen LogP contribution in [0.5, 0.6) is 5.88 Å². The number of pyridine rings is 1. The molecule has 0 saturated carbocycles. The van der Waals surface area contributed by atoms with Gasteiger partial charge in [-0.05, 0) is 26.8 Å². The number of nitrogens with one attached hydrogen (secondary N) is 1. The minimum absolute atomic E-state index is 0.0247. The van der Waals surface area contributed by atoms with Crippen LogP contribution in [0.25, 0.3) is 0 Å². The molecule has 0 fully saturated rings. The highest BCUT2D eigenvalue weighted by atomic mass is 35.5. The molecule has 0 aliphatic rings. The molecule has 15 heavy (non-hydrogen) atoms. The van der Waals surface area contributed by atoms with Crippen molar-refractivity contribution in [1.82, 2.24) is 4.98 Å². The molecule has 0 aromatic carbocycles. The van der Waals surface area contributed by atoms with Gasteiger partial charge >= 0.3 is 0 Å². The third-order valence-corrected chi connectivity index (χ3v) is 2.95. The fourth-order valence-corrected chi connectivity index (χ4v) is 1.12. The van der Waals surface area contributed by atoms with Crippen molar-refractivity contribution in [2.24, 2.45) is 0 Å². The molecule has 1 aromatic heterocycles. The Kier molecular flexibility index (Phi) is 3.80. The number of anilines is 1. The second-order valence-corrected chi connectivity index (χ2v) is 4.70. The van der Waals surface area contributed by atoms with Gasteiger partial charge in [0, 0.05) is 23.5 Å². The summed E-state index contributed by atoms with van der Waals surface area (Å²) in [6.07, 6.45) is 1.70. The third kappa shape index (κ3) is 3.27. The maximum Gasteiger partial charge on any atom is 0.214 e. The zero-order chi connectivity index (χ0) is 11.5. The van der Waals surface area contributed by atoms with Gasteiger partial charge in [-0.15, -0.1) is 11.6 Å². The molecule has 3 nitrogen and oxygen atoms in total. The Bertz CT molecular complexity index is 326. The molecule has 1 aromatic rings. The smallest absolute Gasteiger partial charge is 0.214 e. The Morgan fingerprint density at radius 1 is 1.53 bits per heavy atom. The molecule has 0 aliphatic heterocycles. The predicted molar refractivity (Wildman–Crippen MR) is 63.8 cm³/mol. The minimum Gasteiger partial charge on any atom is -0.481 e. The summed E-state index contributed by atoms with van der Waals surface area (Å²) < 4.78 is 5.05. The van der Waals surface area contributed by atoms with Crippen LogP contribution >= 0.6 is 11.6 Å². The molecule has 84 valence electrons. The van der Waals surface area contributed by atoms with Crippen LogP contribution in [0.3, 0.4) is 0 Å². The lowest BCUT2D eigenvalue weighted by atomic mass is 10.0. The maximum atomic E-state index is 6.08. The molecule has 0 amide bonds. The van der Waals surface area contributed by atoms with E-state index in [9.17, 15) is 0 Å². The highest BCUT2D eigenvalue weighted by molar-refractivity contribution is 6.21. The Morgan fingerprint density at radius 2 is 2.20 bits per heavy atom. The standard InChI is InChI=1S/C11H17ClN2O/c1-8(12)11(2,3)14-9-5-6-13-10(7-9)15-4/h5-8H,1-4H3,(H,13,14). The summed E-state index contributed by atoms with van der Waals surface area (Å²) in [6.45, 7) is 6.07. The second kappa shape index (κ2) is 4.71. The van der Waals surface area contributed by atoms with Gasteiger partial charge in [-0.25, -0.2) is 4.98 Å². The number of alkyl halides is 1. The van der Waals surface area contributed by atoms with Gasteiger partial charge in [0.2, 0.25) is 5.88 Å². The Labute approximate surface area is 95.8 Å². The van der Waals surface area contributed by atoms with Gasteiger partial charge in [0.15, 0.2) is 0 Å². The van der Waals surface area contributed by atoms with Gasteiger partial charge in [-0.2, -0.15) is 0 Å². The van der Waals surface area contributed by atoms with Crippen molar-refractivity contribution in [1.29, 1.82) is 0 Å². The van der Waals surface area contributed by atoms with E-state index in [2.05, 4.69) is 24.1 Å². The van der Waals surface area contributed by atoms with Crippen LogP contribution < -0.4 is 10.1 Å². The number of rotatable bonds is 4. The average Bonchev–Trinajstić information content (AvgIpc) is 2.17. The molecule has 1 heterocycles. The molecule has 1 N–H and O–H groups in total. The van der Waals surface area contributed by atoms with Crippen LogP contribution in [0.2, 0.25) is 0 Å². The SMILES string of the molecule is COc1cc(NC(C)(C)C(C)Cl)ccn1. The predicted octanol–water partition coefficient (Wildman–Crippen LogP) is 2.91. The lowest BCUT2D eigenvalue weighted by molar-refractivity contribution is 0.398. The summed E-state index contributed by atoms with van der Waals surface area (Å²) in [4.78, 5) is 4.04. The van der Waals surface area contributed by atoms with Crippen molar-refractivity contribution in [2.75, 3.05) is 12.4 Å². The van der Waals surface area contributed by atoms with Gasteiger partial charge in [0.05, 0.1) is 12.5 Å². The van der Waals surface area contributed by atoms with Gasteiger partial charge in [-0.1, -0.05) is 0 Å². The second-order valence-electron chi connectivity index (χ2n) is 4.05. The van der Waals surface area contributed by atoms with Gasteiger partial charge in [-0.3, -0.25) is 0 Å². The molecule has 0 saturated heterocycles. The quantitative estimate of drug-likeness (QED) is 0.805. The van der Waals surface area contributed by atoms with E-state index in [1.54, 1.807) is 13.3 Å². The first-order valence-corrected chi connectivity index (χ1v) is 5.31. The van der Waals surface area contributed by atoms with Crippen LogP contribution in [0.15, 0.2) is 18.3 Å². The highest BCUT2D eigenvalue weighted by Crippen LogP contribution is 2.23. The number of hydrogen-bond donors (Lipinski definition) is 1. The lowest BCUT2D eigenvalue weighted by Gasteiger charge is -2.30. The van der Waals surface area contributed by atoms with Gasteiger partial charge < -0.3 is 10.1 Å². The zero-order valence-corrected chi connectivity index (χ0v) is 10.3. The maximum absolute atomic E-state index is 6.08. The van der Waals surface area contributed by atoms with Crippen molar-refractivity contribution in [3.05, 3.63) is 18.3 Å². The summed E-state index contributed by atoms with van der Waals surface area (Å²) in [5.74, 6) is 0.595. The molecular weight excluding hydrogens is 212 g/mol. The fourth-order valence-electron chi connectivity index (χ4n) is 1.07. The van der Waals surface area contributed by atoms with Crippen LogP contribution in [0, 0.1) is 0 Å². The van der Waals surface area contributed by atoms with Crippen molar-refractivity contribution in [3.8, 4) is 5.88 Å². The summed E-state index contributed by atoms with van der Waals surface area (Å²) in [6, 6.07) is 3.74. The Hall–Kier alpha value is -0.960. The van der Waals surface area contributed by atoms with Crippen molar-refractivity contribution < 1.29 is 4.74 Å². The van der Waals surface area contributed by atoms with E-state index in [0.717, 1.165) is 5.69 Å². The number of aromatic nitrogens is 1. The first-order valence-electron chi connectivity index (χ1n) is 4.88. The zero-order valence-electron chi connectivity index (χ0n) is 9.54. The summed E-state index contributed by atoms with van der Waals surface area (Å²) in [5.41, 5.74) is 0.785. The van der Waals surface area contributed by atoms with E-state index in [4.69, 9.17) is 16.3 Å². The van der Waals surface area contributed by atoms with Crippen LogP contribution in [0.1, 0.15) is 20.8 Å². The first-order chi connectivity index (χ1) is 6.95. The van der Waals surface area contributed by atoms with Crippen LogP contribution in [-0.2, 0) is 0 Å². The lowest BCUT2D eigenvalue weighted by Crippen LogP contribution is -2.38. The number of halogens is 1. The molecule has 4 heteroatoms. The Morgan fingerprint density at radius 3 is 2.73 bits per heavy atom. The van der Waals surface area contributed by atoms with Crippen LogP contribution in [0.4, 0.5) is 5.69 Å². The summed E-state index contributed by atoms with van der Waals surface area (Å²) >= 11 is 6.08. The largest absolute Gasteiger partial charge is 0.481 e. The van der Waals surface area contributed by atoms with E-state index in [1.807, 2.05) is 19.1 Å². The van der Waals surface area contributed by atoms with E-state index >= 15 is 0 Å². The van der Waals surface area contributed by atoms with Crippen molar-refractivity contribution in [3.63, 3.8) is 0 Å². The van der Waals surface area contributed by atoms with E-state index in [-0.39, 0.29) is 10.9 Å². The Balaban J connectivity index is 2.80. The number of hydrogen-bond acceptors (Lipinski definition) is 3. The summed E-state index contributed by atoms with van der Waals surface area (Å²) in [5, 5.41) is 3.37. The molecule has 1 atom stereocenters. The number of ether oxygens (including phenoxy) is 1. The molecule has 0 aliphatic carbocycles. The van der Waals surface area contributed by atoms with E-state index < -0.39 is 0 Å². The average molecular weight is 229 g/mol. The molecule has 1 rings (SSSR count). The van der Waals surface area contributed by atoms with Crippen molar-refractivity contribution >= 4 is 17.3 Å². The molecule has 0 bridgehead atoms.